The zero-order chi connectivity index (χ0) is 22.1. The van der Waals surface area contributed by atoms with Gasteiger partial charge in [0.1, 0.15) is 23.5 Å². The number of hydrogen-bond acceptors (Lipinski definition) is 7. The predicted octanol–water partition coefficient (Wildman–Crippen LogP) is 3.59. The van der Waals surface area contributed by atoms with Crippen LogP contribution in [-0.4, -0.2) is 29.7 Å². The molecular weight excluding hydrogens is 407 g/mol. The number of pyridine rings is 2. The highest BCUT2D eigenvalue weighted by Gasteiger charge is 2.22. The topological polar surface area (TPSA) is 119 Å². The van der Waals surface area contributed by atoms with Gasteiger partial charge in [-0.05, 0) is 24.3 Å². The van der Waals surface area contributed by atoms with Crippen LogP contribution in [0.3, 0.4) is 0 Å². The van der Waals surface area contributed by atoms with E-state index < -0.39 is 5.82 Å². The van der Waals surface area contributed by atoms with Gasteiger partial charge >= 0.3 is 0 Å². The van der Waals surface area contributed by atoms with Gasteiger partial charge in [-0.1, -0.05) is 18.2 Å². The summed E-state index contributed by atoms with van der Waals surface area (Å²) < 4.78 is 15.7. The van der Waals surface area contributed by atoms with Gasteiger partial charge in [0.05, 0.1) is 46.2 Å². The fraction of sp³-hybridized carbons (Fsp3) is 0.0435. The lowest BCUT2D eigenvalue weighted by atomic mass is 9.97. The van der Waals surface area contributed by atoms with Crippen molar-refractivity contribution in [2.45, 2.75) is 6.54 Å². The lowest BCUT2D eigenvalue weighted by molar-refractivity contribution is 0.572. The van der Waals surface area contributed by atoms with E-state index in [-0.39, 0.29) is 18.1 Å². The highest BCUT2D eigenvalue weighted by atomic mass is 19.1. The third-order valence-corrected chi connectivity index (χ3v) is 5.03. The van der Waals surface area contributed by atoms with E-state index in [1.165, 1.54) is 24.7 Å². The van der Waals surface area contributed by atoms with Gasteiger partial charge in [-0.25, -0.2) is 19.3 Å². The third-order valence-electron chi connectivity index (χ3n) is 5.03. The smallest absolute Gasteiger partial charge is 0.146 e. The van der Waals surface area contributed by atoms with Crippen LogP contribution >= 0.6 is 0 Å². The Balaban J connectivity index is 1.78. The molecule has 0 saturated carbocycles. The Labute approximate surface area is 181 Å². The number of nitriles is 1. The van der Waals surface area contributed by atoms with Gasteiger partial charge in [0, 0.05) is 24.2 Å². The molecule has 32 heavy (non-hydrogen) atoms. The lowest BCUT2D eigenvalue weighted by Crippen LogP contribution is -2.04. The van der Waals surface area contributed by atoms with E-state index in [0.29, 0.717) is 39.0 Å². The van der Waals surface area contributed by atoms with Gasteiger partial charge in [0.2, 0.25) is 0 Å². The summed E-state index contributed by atoms with van der Waals surface area (Å²) in [6.45, 7) is 0.119. The highest BCUT2D eigenvalue weighted by Crippen LogP contribution is 2.38. The number of nitrogens with two attached hydrogens (primary N) is 1. The number of nitrogens with zero attached hydrogens (tertiary/aromatic N) is 7. The Morgan fingerprint density at radius 1 is 1.06 bits per heavy atom. The van der Waals surface area contributed by atoms with Crippen LogP contribution in [0.15, 0.2) is 67.4 Å². The van der Waals surface area contributed by atoms with E-state index in [9.17, 15) is 9.65 Å². The average molecular weight is 422 g/mol. The Morgan fingerprint density at radius 3 is 2.72 bits per heavy atom. The van der Waals surface area contributed by atoms with Crippen molar-refractivity contribution in [3.63, 3.8) is 0 Å². The zero-order valence-electron chi connectivity index (χ0n) is 16.6. The second kappa shape index (κ2) is 7.85. The molecule has 0 aliphatic rings. The number of benzene rings is 1. The minimum absolute atomic E-state index is 0.119. The number of fused-ring (bicyclic) bond motifs is 1. The van der Waals surface area contributed by atoms with Crippen molar-refractivity contribution in [3.8, 4) is 28.6 Å². The van der Waals surface area contributed by atoms with Gasteiger partial charge < -0.3 is 5.73 Å². The van der Waals surface area contributed by atoms with Gasteiger partial charge in [0.15, 0.2) is 0 Å². The Kier molecular flexibility index (Phi) is 4.72. The van der Waals surface area contributed by atoms with Crippen molar-refractivity contribution in [2.24, 2.45) is 0 Å². The second-order valence-electron chi connectivity index (χ2n) is 6.99. The largest absolute Gasteiger partial charge is 0.383 e. The fourth-order valence-electron chi connectivity index (χ4n) is 3.57. The van der Waals surface area contributed by atoms with E-state index in [0.717, 1.165) is 0 Å². The van der Waals surface area contributed by atoms with Crippen molar-refractivity contribution in [1.82, 2.24) is 29.7 Å². The SMILES string of the molecule is N#Cc1ccccc1-c1nc(N)c2cn(Cc3ncccc3F)nc2c1-c1ccncn1. The third kappa shape index (κ3) is 3.30. The molecule has 5 aromatic rings. The van der Waals surface area contributed by atoms with Crippen molar-refractivity contribution in [3.05, 3.63) is 84.5 Å². The number of halogens is 1. The average Bonchev–Trinajstić information content (AvgIpc) is 3.25. The molecule has 154 valence electrons. The van der Waals surface area contributed by atoms with Crippen LogP contribution in [0.25, 0.3) is 33.4 Å². The van der Waals surface area contributed by atoms with Crippen molar-refractivity contribution in [1.29, 1.82) is 5.26 Å². The molecule has 0 saturated heterocycles. The van der Waals surface area contributed by atoms with Crippen molar-refractivity contribution in [2.75, 3.05) is 5.73 Å². The summed E-state index contributed by atoms with van der Waals surface area (Å²) in [5.41, 5.74) is 9.83. The van der Waals surface area contributed by atoms with Gasteiger partial charge in [0.25, 0.3) is 0 Å². The fourth-order valence-corrected chi connectivity index (χ4v) is 3.57. The molecule has 0 amide bonds. The minimum atomic E-state index is -0.419. The molecule has 5 rings (SSSR count). The maximum atomic E-state index is 14.1. The molecule has 2 N–H and O–H groups in total. The van der Waals surface area contributed by atoms with Crippen LogP contribution in [-0.2, 0) is 6.54 Å². The number of aromatic nitrogens is 6. The standard InChI is InChI=1S/C23H15FN8/c24-17-6-3-8-28-19(17)12-32-11-16-22(31-32)20(18-7-9-27-13-29-18)21(30-23(16)26)15-5-2-1-4-14(15)10-25/h1-9,11,13H,12H2,(H2,26,30). The first-order chi connectivity index (χ1) is 15.7. The summed E-state index contributed by atoms with van der Waals surface area (Å²) in [6, 6.07) is 13.9. The van der Waals surface area contributed by atoms with Crippen LogP contribution in [0.4, 0.5) is 10.2 Å². The van der Waals surface area contributed by atoms with Crippen LogP contribution < -0.4 is 5.73 Å². The maximum absolute atomic E-state index is 14.1. The van der Waals surface area contributed by atoms with E-state index in [2.05, 4.69) is 31.1 Å². The van der Waals surface area contributed by atoms with E-state index >= 15 is 0 Å². The first-order valence-electron chi connectivity index (χ1n) is 9.67. The summed E-state index contributed by atoms with van der Waals surface area (Å²) in [7, 11) is 0. The van der Waals surface area contributed by atoms with Crippen LogP contribution in [0.2, 0.25) is 0 Å². The molecule has 0 spiro atoms. The summed E-state index contributed by atoms with van der Waals surface area (Å²) >= 11 is 0. The molecule has 0 radical (unpaired) electrons. The first kappa shape index (κ1) is 19.3. The predicted molar refractivity (Wildman–Crippen MR) is 116 cm³/mol. The summed E-state index contributed by atoms with van der Waals surface area (Å²) in [4.78, 5) is 17.1. The van der Waals surface area contributed by atoms with Gasteiger partial charge in [-0.2, -0.15) is 10.4 Å². The van der Waals surface area contributed by atoms with Crippen molar-refractivity contribution < 1.29 is 4.39 Å². The first-order valence-corrected chi connectivity index (χ1v) is 9.67. The van der Waals surface area contributed by atoms with Crippen LogP contribution in [0, 0.1) is 17.1 Å². The summed E-state index contributed by atoms with van der Waals surface area (Å²) in [6.07, 6.45) is 6.28. The van der Waals surface area contributed by atoms with Gasteiger partial charge in [-0.3, -0.25) is 9.67 Å². The molecule has 0 aliphatic heterocycles. The molecule has 1 aromatic carbocycles. The quantitative estimate of drug-likeness (QED) is 0.470. The molecule has 0 aliphatic carbocycles. The van der Waals surface area contributed by atoms with E-state index in [1.54, 1.807) is 41.3 Å². The number of rotatable bonds is 4. The molecule has 8 nitrogen and oxygen atoms in total. The van der Waals surface area contributed by atoms with Crippen LogP contribution in [0.5, 0.6) is 0 Å². The molecular formula is C23H15FN8. The van der Waals surface area contributed by atoms with E-state index in [1.807, 2.05) is 6.07 Å². The van der Waals surface area contributed by atoms with Gasteiger partial charge in [-0.15, -0.1) is 0 Å². The summed E-state index contributed by atoms with van der Waals surface area (Å²) in [5, 5.41) is 14.9. The number of anilines is 1. The van der Waals surface area contributed by atoms with Crippen LogP contribution in [0.1, 0.15) is 11.3 Å². The monoisotopic (exact) mass is 422 g/mol. The Hall–Kier alpha value is -4.71. The molecule has 0 bridgehead atoms. The second-order valence-corrected chi connectivity index (χ2v) is 6.99. The highest BCUT2D eigenvalue weighted by molar-refractivity contribution is 6.04. The zero-order valence-corrected chi connectivity index (χ0v) is 16.6. The molecule has 0 unspecified atom stereocenters. The number of hydrogen-bond donors (Lipinski definition) is 1. The molecule has 9 heteroatoms. The number of nitrogen functional groups attached to an aromatic ring is 1. The van der Waals surface area contributed by atoms with Crippen molar-refractivity contribution >= 4 is 16.7 Å². The summed E-state index contributed by atoms with van der Waals surface area (Å²) in [5.74, 6) is -0.175. The Bertz CT molecular complexity index is 1490. The molecule has 0 fully saturated rings. The lowest BCUT2D eigenvalue weighted by Gasteiger charge is -2.12. The molecule has 4 aromatic heterocycles. The maximum Gasteiger partial charge on any atom is 0.146 e. The minimum Gasteiger partial charge on any atom is -0.383 e. The normalized spacial score (nSPS) is 10.9. The Morgan fingerprint density at radius 2 is 1.94 bits per heavy atom. The molecule has 4 heterocycles. The molecule has 0 atom stereocenters. The van der Waals surface area contributed by atoms with E-state index in [4.69, 9.17) is 5.73 Å².